The number of thiophene rings is 1. The summed E-state index contributed by atoms with van der Waals surface area (Å²) in [5.41, 5.74) is 2.93. The minimum Gasteiger partial charge on any atom is -0.495 e. The van der Waals surface area contributed by atoms with Crippen molar-refractivity contribution >= 4 is 35.1 Å². The van der Waals surface area contributed by atoms with Gasteiger partial charge in [0.05, 0.1) is 35.1 Å². The Hall–Kier alpha value is -2.90. The third kappa shape index (κ3) is 4.03. The van der Waals surface area contributed by atoms with Crippen molar-refractivity contribution in [2.75, 3.05) is 7.11 Å². The van der Waals surface area contributed by atoms with Gasteiger partial charge in [-0.1, -0.05) is 23.7 Å². The number of nitrogens with zero attached hydrogens (tertiary/aromatic N) is 5. The normalized spacial score (nSPS) is 16.0. The Morgan fingerprint density at radius 2 is 2.13 bits per heavy atom. The zero-order valence-corrected chi connectivity index (χ0v) is 18.9. The van der Waals surface area contributed by atoms with Crippen molar-refractivity contribution in [1.29, 1.82) is 0 Å². The molecule has 158 valence electrons. The smallest absolute Gasteiger partial charge is 0.174 e. The molecule has 0 amide bonds. The highest BCUT2D eigenvalue weighted by Gasteiger charge is 2.26. The van der Waals surface area contributed by atoms with E-state index in [1.807, 2.05) is 52.7 Å². The number of fused-ring (bicyclic) bond motifs is 1. The first-order valence-corrected chi connectivity index (χ1v) is 11.4. The van der Waals surface area contributed by atoms with Crippen molar-refractivity contribution in [2.24, 2.45) is 0 Å². The number of aryl methyl sites for hydroxylation is 2. The zero-order chi connectivity index (χ0) is 21.4. The van der Waals surface area contributed by atoms with E-state index in [1.54, 1.807) is 24.8 Å². The lowest BCUT2D eigenvalue weighted by molar-refractivity contribution is 0.413. The summed E-state index contributed by atoms with van der Waals surface area (Å²) < 4.78 is 10.4. The lowest BCUT2D eigenvalue weighted by Crippen LogP contribution is -2.17. The summed E-state index contributed by atoms with van der Waals surface area (Å²) in [7, 11) is 1.68. The second-order valence-electron chi connectivity index (χ2n) is 7.57. The van der Waals surface area contributed by atoms with E-state index in [2.05, 4.69) is 17.1 Å². The zero-order valence-electron chi connectivity index (χ0n) is 17.3. The van der Waals surface area contributed by atoms with Crippen LogP contribution in [0.15, 0.2) is 42.9 Å². The highest BCUT2D eigenvalue weighted by molar-refractivity contribution is 7.16. The summed E-state index contributed by atoms with van der Waals surface area (Å²) >= 11 is 7.78. The molecule has 6 nitrogen and oxygen atoms in total. The van der Waals surface area contributed by atoms with Crippen LogP contribution in [0.5, 0.6) is 5.75 Å². The van der Waals surface area contributed by atoms with E-state index >= 15 is 0 Å². The van der Waals surface area contributed by atoms with Crippen molar-refractivity contribution in [3.63, 3.8) is 0 Å². The first kappa shape index (κ1) is 20.0. The minimum atomic E-state index is 0.263. The monoisotopic (exact) mass is 451 g/mol. The second-order valence-corrected chi connectivity index (χ2v) is 9.32. The molecule has 0 radical (unpaired) electrons. The van der Waals surface area contributed by atoms with Gasteiger partial charge in [0.15, 0.2) is 5.82 Å². The SMILES string of the molecule is COc1cc(/C=C/c2nc3n(n2)CCC[C@@H]3c2ccc(Cl)s2)ccc1-n1cnc(C)c1. The number of methoxy groups -OCH3 is 1. The first-order valence-electron chi connectivity index (χ1n) is 10.2. The van der Waals surface area contributed by atoms with Gasteiger partial charge in [-0.2, -0.15) is 5.10 Å². The molecule has 4 heterocycles. The van der Waals surface area contributed by atoms with Gasteiger partial charge < -0.3 is 9.30 Å². The van der Waals surface area contributed by atoms with Crippen molar-refractivity contribution in [2.45, 2.75) is 32.2 Å². The lowest BCUT2D eigenvalue weighted by atomic mass is 9.97. The average Bonchev–Trinajstić information content (AvgIpc) is 3.51. The molecular formula is C23H22ClN5OS. The Kier molecular flexibility index (Phi) is 5.38. The van der Waals surface area contributed by atoms with Crippen LogP contribution in [-0.2, 0) is 6.54 Å². The summed E-state index contributed by atoms with van der Waals surface area (Å²) in [6.07, 6.45) is 9.91. The van der Waals surface area contributed by atoms with E-state index < -0.39 is 0 Å². The fraction of sp³-hybridized carbons (Fsp3) is 0.261. The molecule has 0 aliphatic carbocycles. The maximum atomic E-state index is 6.15. The van der Waals surface area contributed by atoms with E-state index in [-0.39, 0.29) is 5.92 Å². The summed E-state index contributed by atoms with van der Waals surface area (Å²) in [4.78, 5) is 10.4. The van der Waals surface area contributed by atoms with E-state index in [4.69, 9.17) is 26.4 Å². The molecule has 0 fully saturated rings. The molecule has 4 aromatic rings. The number of hydrogen-bond acceptors (Lipinski definition) is 5. The van der Waals surface area contributed by atoms with Crippen molar-refractivity contribution in [3.05, 3.63) is 75.0 Å². The standard InChI is InChI=1S/C23H22ClN5OS/c1-15-13-28(14-25-15)18-7-5-16(12-19(18)30-2)6-10-22-26-23-17(4-3-11-29(23)27-22)20-8-9-21(24)31-20/h5-10,12-14,17H,3-4,11H2,1-2H3/b10-6+/t17-/m1/s1. The molecule has 0 spiro atoms. The van der Waals surface area contributed by atoms with E-state index in [1.165, 1.54) is 4.88 Å². The third-order valence-corrected chi connectivity index (χ3v) is 6.79. The molecule has 0 unspecified atom stereocenters. The van der Waals surface area contributed by atoms with Gasteiger partial charge in [-0.15, -0.1) is 11.3 Å². The topological polar surface area (TPSA) is 57.8 Å². The van der Waals surface area contributed by atoms with Crippen LogP contribution < -0.4 is 4.74 Å². The molecule has 0 saturated carbocycles. The van der Waals surface area contributed by atoms with Crippen LogP contribution in [0.25, 0.3) is 17.8 Å². The van der Waals surface area contributed by atoms with Crippen LogP contribution in [0.2, 0.25) is 4.34 Å². The third-order valence-electron chi connectivity index (χ3n) is 5.45. The molecule has 1 atom stereocenters. The van der Waals surface area contributed by atoms with Crippen LogP contribution in [0.3, 0.4) is 0 Å². The molecule has 0 N–H and O–H groups in total. The van der Waals surface area contributed by atoms with Crippen LogP contribution in [0.1, 0.15) is 46.5 Å². The predicted molar refractivity (Wildman–Crippen MR) is 124 cm³/mol. The highest BCUT2D eigenvalue weighted by Crippen LogP contribution is 2.37. The number of ether oxygens (including phenoxy) is 1. The Morgan fingerprint density at radius 3 is 2.87 bits per heavy atom. The van der Waals surface area contributed by atoms with Crippen LogP contribution in [0.4, 0.5) is 0 Å². The van der Waals surface area contributed by atoms with Crippen LogP contribution >= 0.6 is 22.9 Å². The van der Waals surface area contributed by atoms with Gasteiger partial charge in [-0.05, 0) is 55.7 Å². The van der Waals surface area contributed by atoms with Crippen molar-refractivity contribution < 1.29 is 4.74 Å². The summed E-state index contributed by atoms with van der Waals surface area (Å²) in [5, 5.41) is 4.71. The Bertz CT molecular complexity index is 1250. The number of halogens is 1. The largest absolute Gasteiger partial charge is 0.495 e. The molecule has 31 heavy (non-hydrogen) atoms. The van der Waals surface area contributed by atoms with Gasteiger partial charge >= 0.3 is 0 Å². The molecular weight excluding hydrogens is 430 g/mol. The maximum Gasteiger partial charge on any atom is 0.174 e. The Labute approximate surface area is 189 Å². The van der Waals surface area contributed by atoms with Crippen molar-refractivity contribution in [1.82, 2.24) is 24.3 Å². The fourth-order valence-corrected chi connectivity index (χ4v) is 5.15. The van der Waals surface area contributed by atoms with Gasteiger partial charge in [0.25, 0.3) is 0 Å². The average molecular weight is 452 g/mol. The Morgan fingerprint density at radius 1 is 1.23 bits per heavy atom. The molecule has 1 aliphatic heterocycles. The van der Waals surface area contributed by atoms with Gasteiger partial charge in [0.1, 0.15) is 11.6 Å². The quantitative estimate of drug-likeness (QED) is 0.396. The summed E-state index contributed by atoms with van der Waals surface area (Å²) in [6, 6.07) is 10.2. The molecule has 0 bridgehead atoms. The van der Waals surface area contributed by atoms with Crippen LogP contribution in [-0.4, -0.2) is 31.4 Å². The van der Waals surface area contributed by atoms with E-state index in [0.29, 0.717) is 0 Å². The number of rotatable bonds is 5. The number of imidazole rings is 1. The second kappa shape index (κ2) is 8.32. The Balaban J connectivity index is 1.40. The molecule has 3 aromatic heterocycles. The van der Waals surface area contributed by atoms with Gasteiger partial charge in [-0.3, -0.25) is 0 Å². The maximum absolute atomic E-state index is 6.15. The fourth-order valence-electron chi connectivity index (χ4n) is 3.96. The van der Waals surface area contributed by atoms with Gasteiger partial charge in [0, 0.05) is 17.6 Å². The molecule has 8 heteroatoms. The minimum absolute atomic E-state index is 0.263. The predicted octanol–water partition coefficient (Wildman–Crippen LogP) is 5.59. The lowest BCUT2D eigenvalue weighted by Gasteiger charge is -2.20. The van der Waals surface area contributed by atoms with Crippen molar-refractivity contribution in [3.8, 4) is 11.4 Å². The number of hydrogen-bond donors (Lipinski definition) is 0. The van der Waals surface area contributed by atoms with Gasteiger partial charge in [-0.25, -0.2) is 14.6 Å². The summed E-state index contributed by atoms with van der Waals surface area (Å²) in [5.74, 6) is 2.79. The summed E-state index contributed by atoms with van der Waals surface area (Å²) in [6.45, 7) is 2.87. The van der Waals surface area contributed by atoms with Crippen LogP contribution in [0, 0.1) is 6.92 Å². The van der Waals surface area contributed by atoms with Gasteiger partial charge in [0.2, 0.25) is 0 Å². The number of aromatic nitrogens is 5. The highest BCUT2D eigenvalue weighted by atomic mass is 35.5. The molecule has 1 aliphatic rings. The van der Waals surface area contributed by atoms with E-state index in [9.17, 15) is 0 Å². The molecule has 1 aromatic carbocycles. The van der Waals surface area contributed by atoms with E-state index in [0.717, 1.165) is 58.1 Å². The molecule has 5 rings (SSSR count). The molecule has 0 saturated heterocycles. The number of benzene rings is 1. The first-order chi connectivity index (χ1) is 15.1.